The molecular weight excluding hydrogens is 346 g/mol. The zero-order valence-electron chi connectivity index (χ0n) is 14.1. The Balaban J connectivity index is 1.65. The lowest BCUT2D eigenvalue weighted by molar-refractivity contribution is -0.132. The van der Waals surface area contributed by atoms with Gasteiger partial charge in [-0.1, -0.05) is 42.5 Å². The van der Waals surface area contributed by atoms with E-state index in [9.17, 15) is 14.7 Å². The molecule has 0 radical (unpaired) electrons. The van der Waals surface area contributed by atoms with Gasteiger partial charge in [-0.05, 0) is 40.6 Å². The predicted molar refractivity (Wildman–Crippen MR) is 99.6 cm³/mol. The summed E-state index contributed by atoms with van der Waals surface area (Å²) in [5.74, 6) is -0.583. The van der Waals surface area contributed by atoms with Gasteiger partial charge in [0.2, 0.25) is 6.79 Å². The van der Waals surface area contributed by atoms with Crippen LogP contribution in [0.2, 0.25) is 0 Å². The third-order valence-corrected chi connectivity index (χ3v) is 4.22. The fourth-order valence-corrected chi connectivity index (χ4v) is 2.93. The number of benzene rings is 3. The first-order chi connectivity index (χ1) is 13.1. The number of carbonyl (C=O) groups excluding carboxylic acids is 1. The van der Waals surface area contributed by atoms with Gasteiger partial charge in [0.05, 0.1) is 0 Å². The molecule has 4 rings (SSSR count). The molecule has 1 aliphatic heterocycles. The number of hydrogen-bond acceptors (Lipinski definition) is 4. The second-order valence-electron chi connectivity index (χ2n) is 5.96. The molecule has 0 fully saturated rings. The van der Waals surface area contributed by atoms with Gasteiger partial charge in [-0.25, -0.2) is 4.79 Å². The summed E-state index contributed by atoms with van der Waals surface area (Å²) in [4.78, 5) is 24.3. The number of carboxylic acids is 1. The van der Waals surface area contributed by atoms with Crippen molar-refractivity contribution in [3.8, 4) is 11.5 Å². The van der Waals surface area contributed by atoms with Crippen LogP contribution < -0.4 is 14.8 Å². The van der Waals surface area contributed by atoms with Gasteiger partial charge in [-0.2, -0.15) is 0 Å². The summed E-state index contributed by atoms with van der Waals surface area (Å²) in [7, 11) is 0. The van der Waals surface area contributed by atoms with Gasteiger partial charge < -0.3 is 19.9 Å². The number of carboxylic acid groups (broad SMARTS) is 1. The van der Waals surface area contributed by atoms with Crippen LogP contribution in [0.3, 0.4) is 0 Å². The van der Waals surface area contributed by atoms with Gasteiger partial charge in [0.25, 0.3) is 5.91 Å². The summed E-state index contributed by atoms with van der Waals surface area (Å²) in [6.07, 6.45) is 1.38. The lowest BCUT2D eigenvalue weighted by Crippen LogP contribution is -2.27. The highest BCUT2D eigenvalue weighted by Crippen LogP contribution is 2.33. The van der Waals surface area contributed by atoms with Crippen LogP contribution in [0.1, 0.15) is 15.9 Å². The third kappa shape index (κ3) is 3.32. The second-order valence-corrected chi connectivity index (χ2v) is 5.96. The summed E-state index contributed by atoms with van der Waals surface area (Å²) in [5, 5.41) is 13.6. The van der Waals surface area contributed by atoms with Gasteiger partial charge in [0.1, 0.15) is 5.70 Å². The van der Waals surface area contributed by atoms with E-state index in [0.717, 1.165) is 10.8 Å². The number of carbonyl (C=O) groups is 2. The molecule has 1 amide bonds. The minimum absolute atomic E-state index is 0.131. The first-order valence-corrected chi connectivity index (χ1v) is 8.25. The molecule has 0 aliphatic carbocycles. The summed E-state index contributed by atoms with van der Waals surface area (Å²) in [6.45, 7) is 0.131. The third-order valence-electron chi connectivity index (χ3n) is 4.22. The van der Waals surface area contributed by atoms with Gasteiger partial charge in [-0.15, -0.1) is 0 Å². The summed E-state index contributed by atoms with van der Waals surface area (Å²) in [5.41, 5.74) is 0.757. The fraction of sp³-hybridized carbons (Fsp3) is 0.0476. The van der Waals surface area contributed by atoms with Gasteiger partial charge in [0, 0.05) is 5.56 Å². The van der Waals surface area contributed by atoms with E-state index in [1.807, 2.05) is 30.3 Å². The van der Waals surface area contributed by atoms with E-state index in [-0.39, 0.29) is 12.5 Å². The Labute approximate surface area is 154 Å². The Bertz CT molecular complexity index is 1080. The number of hydrogen-bond donors (Lipinski definition) is 2. The van der Waals surface area contributed by atoms with Crippen molar-refractivity contribution >= 4 is 28.7 Å². The largest absolute Gasteiger partial charge is 0.477 e. The highest BCUT2D eigenvalue weighted by molar-refractivity contribution is 6.10. The number of fused-ring (bicyclic) bond motifs is 2. The zero-order valence-corrected chi connectivity index (χ0v) is 14.1. The molecule has 0 atom stereocenters. The molecule has 27 heavy (non-hydrogen) atoms. The SMILES string of the molecule is O=C(O)/C(=C\c1ccc2c(c1)OCO2)NC(=O)c1cccc2ccccc12. The van der Waals surface area contributed by atoms with Crippen LogP contribution in [0.5, 0.6) is 11.5 Å². The molecule has 0 unspecified atom stereocenters. The normalized spacial score (nSPS) is 12.8. The molecule has 0 saturated carbocycles. The van der Waals surface area contributed by atoms with Crippen LogP contribution in [-0.4, -0.2) is 23.8 Å². The van der Waals surface area contributed by atoms with Crippen molar-refractivity contribution in [2.75, 3.05) is 6.79 Å². The standard InChI is InChI=1S/C21H15NO5/c23-20(16-7-3-5-14-4-1-2-6-15(14)16)22-17(21(24)25)10-13-8-9-18-19(11-13)27-12-26-18/h1-11H,12H2,(H,22,23)(H,24,25)/b17-10+. The topological polar surface area (TPSA) is 84.9 Å². The maximum atomic E-state index is 12.7. The Morgan fingerprint density at radius 1 is 0.963 bits per heavy atom. The Morgan fingerprint density at radius 2 is 1.74 bits per heavy atom. The molecule has 6 heteroatoms. The summed E-state index contributed by atoms with van der Waals surface area (Å²) < 4.78 is 10.5. The van der Waals surface area contributed by atoms with Crippen molar-refractivity contribution in [3.05, 3.63) is 77.5 Å². The minimum Gasteiger partial charge on any atom is -0.477 e. The molecule has 3 aromatic carbocycles. The van der Waals surface area contributed by atoms with Crippen molar-refractivity contribution < 1.29 is 24.2 Å². The first-order valence-electron chi connectivity index (χ1n) is 8.25. The quantitative estimate of drug-likeness (QED) is 0.696. The maximum absolute atomic E-state index is 12.7. The van der Waals surface area contributed by atoms with Crippen LogP contribution in [0, 0.1) is 0 Å². The monoisotopic (exact) mass is 361 g/mol. The summed E-state index contributed by atoms with van der Waals surface area (Å²) in [6, 6.07) is 17.8. The first kappa shape index (κ1) is 16.7. The van der Waals surface area contributed by atoms with Crippen LogP contribution in [0.4, 0.5) is 0 Å². The van der Waals surface area contributed by atoms with E-state index in [2.05, 4.69) is 5.32 Å². The molecule has 0 aromatic heterocycles. The molecule has 2 N–H and O–H groups in total. The second kappa shape index (κ2) is 6.84. The number of nitrogens with one attached hydrogen (secondary N) is 1. The van der Waals surface area contributed by atoms with Crippen LogP contribution in [-0.2, 0) is 4.79 Å². The molecule has 1 heterocycles. The van der Waals surface area contributed by atoms with Crippen molar-refractivity contribution in [3.63, 3.8) is 0 Å². The molecule has 0 bridgehead atoms. The number of rotatable bonds is 4. The van der Waals surface area contributed by atoms with Gasteiger partial charge in [0.15, 0.2) is 11.5 Å². The van der Waals surface area contributed by atoms with Crippen molar-refractivity contribution in [2.45, 2.75) is 0 Å². The van der Waals surface area contributed by atoms with Crippen molar-refractivity contribution in [1.29, 1.82) is 0 Å². The van der Waals surface area contributed by atoms with Crippen molar-refractivity contribution in [1.82, 2.24) is 5.32 Å². The number of amides is 1. The number of ether oxygens (including phenoxy) is 2. The maximum Gasteiger partial charge on any atom is 0.352 e. The lowest BCUT2D eigenvalue weighted by atomic mass is 10.0. The van der Waals surface area contributed by atoms with E-state index in [1.54, 1.807) is 30.3 Å². The van der Waals surface area contributed by atoms with E-state index >= 15 is 0 Å². The van der Waals surface area contributed by atoms with Crippen LogP contribution >= 0.6 is 0 Å². The molecule has 1 aliphatic rings. The summed E-state index contributed by atoms with van der Waals surface area (Å²) >= 11 is 0. The predicted octanol–water partition coefficient (Wildman–Crippen LogP) is 3.42. The Morgan fingerprint density at radius 3 is 2.59 bits per heavy atom. The Hall–Kier alpha value is -3.80. The molecule has 0 spiro atoms. The van der Waals surface area contributed by atoms with Gasteiger partial charge >= 0.3 is 5.97 Å². The zero-order chi connectivity index (χ0) is 18.8. The van der Waals surface area contributed by atoms with Crippen LogP contribution in [0.15, 0.2) is 66.4 Å². The van der Waals surface area contributed by atoms with E-state index in [4.69, 9.17) is 9.47 Å². The fourth-order valence-electron chi connectivity index (χ4n) is 2.93. The highest BCUT2D eigenvalue weighted by Gasteiger charge is 2.17. The lowest BCUT2D eigenvalue weighted by Gasteiger charge is -2.09. The van der Waals surface area contributed by atoms with E-state index in [1.165, 1.54) is 6.08 Å². The van der Waals surface area contributed by atoms with Crippen molar-refractivity contribution in [2.24, 2.45) is 0 Å². The van der Waals surface area contributed by atoms with E-state index < -0.39 is 11.9 Å². The molecule has 134 valence electrons. The average molecular weight is 361 g/mol. The van der Waals surface area contributed by atoms with Gasteiger partial charge in [-0.3, -0.25) is 4.79 Å². The highest BCUT2D eigenvalue weighted by atomic mass is 16.7. The molecular formula is C21H15NO5. The number of aliphatic carboxylic acids is 1. The van der Waals surface area contributed by atoms with E-state index in [0.29, 0.717) is 22.6 Å². The molecule has 0 saturated heterocycles. The Kier molecular flexibility index (Phi) is 4.22. The molecule has 6 nitrogen and oxygen atoms in total. The smallest absolute Gasteiger partial charge is 0.352 e. The molecule has 3 aromatic rings. The minimum atomic E-state index is -1.23. The average Bonchev–Trinajstić information content (AvgIpc) is 3.14. The van der Waals surface area contributed by atoms with Crippen LogP contribution in [0.25, 0.3) is 16.8 Å².